The molecule has 1 heterocycles. The van der Waals surface area contributed by atoms with Crippen molar-refractivity contribution in [3.8, 4) is 0 Å². The largest absolute Gasteiger partial charge is 0.368 e. The summed E-state index contributed by atoms with van der Waals surface area (Å²) < 4.78 is 0. The van der Waals surface area contributed by atoms with Crippen molar-refractivity contribution in [3.05, 3.63) is 76.8 Å². The lowest BCUT2D eigenvalue weighted by Gasteiger charge is -2.35. The number of amides is 2. The lowest BCUT2D eigenvalue weighted by Crippen LogP contribution is -2.48. The van der Waals surface area contributed by atoms with Gasteiger partial charge in [0.2, 0.25) is 5.91 Å². The summed E-state index contributed by atoms with van der Waals surface area (Å²) in [5.41, 5.74) is 4.29. The number of halogens is 2. The van der Waals surface area contributed by atoms with E-state index in [1.807, 2.05) is 53.4 Å². The SMILES string of the molecule is Cl.O=C(/C=C/c1cccc(/C=C/C(=O)N2CCN(c3ccc(Cl)cc3)CC2)c1)NO. The van der Waals surface area contributed by atoms with Gasteiger partial charge in [-0.2, -0.15) is 0 Å². The quantitative estimate of drug-likeness (QED) is 0.416. The van der Waals surface area contributed by atoms with Crippen LogP contribution in [0.2, 0.25) is 5.02 Å². The zero-order valence-electron chi connectivity index (χ0n) is 16.2. The van der Waals surface area contributed by atoms with Crippen molar-refractivity contribution in [2.24, 2.45) is 0 Å². The molecular formula is C22H23Cl2N3O3. The number of rotatable bonds is 5. The van der Waals surface area contributed by atoms with Gasteiger partial charge in [0.15, 0.2) is 0 Å². The van der Waals surface area contributed by atoms with Gasteiger partial charge in [0, 0.05) is 49.0 Å². The average Bonchev–Trinajstić information content (AvgIpc) is 2.76. The molecule has 2 aromatic carbocycles. The normalized spacial score (nSPS) is 14.1. The van der Waals surface area contributed by atoms with Crippen LogP contribution in [-0.2, 0) is 9.59 Å². The molecule has 3 rings (SSSR count). The van der Waals surface area contributed by atoms with E-state index in [9.17, 15) is 9.59 Å². The number of nitrogens with zero attached hydrogens (tertiary/aromatic N) is 2. The van der Waals surface area contributed by atoms with Crippen LogP contribution in [0, 0.1) is 0 Å². The molecule has 0 spiro atoms. The molecule has 0 aliphatic carbocycles. The second-order valence-electron chi connectivity index (χ2n) is 6.60. The maximum absolute atomic E-state index is 12.5. The lowest BCUT2D eigenvalue weighted by atomic mass is 10.1. The standard InChI is InChI=1S/C22H22ClN3O3.ClH/c23-19-6-8-20(9-7-19)25-12-14-26(15-13-25)22(28)11-5-18-3-1-2-17(16-18)4-10-21(27)24-29;/h1-11,16,29H,12-15H2,(H,24,27);1H/b10-4+,11-5+;. The molecule has 6 nitrogen and oxygen atoms in total. The fourth-order valence-corrected chi connectivity index (χ4v) is 3.21. The van der Waals surface area contributed by atoms with E-state index in [0.717, 1.165) is 29.9 Å². The number of benzene rings is 2. The van der Waals surface area contributed by atoms with Gasteiger partial charge < -0.3 is 9.80 Å². The molecule has 2 amide bonds. The molecule has 2 N–H and O–H groups in total. The number of hydrogen-bond acceptors (Lipinski definition) is 4. The Kier molecular flexibility index (Phi) is 8.92. The zero-order chi connectivity index (χ0) is 20.6. The third-order valence-electron chi connectivity index (χ3n) is 4.65. The first-order chi connectivity index (χ1) is 14.0. The maximum Gasteiger partial charge on any atom is 0.267 e. The number of hydrogen-bond donors (Lipinski definition) is 2. The highest BCUT2D eigenvalue weighted by Crippen LogP contribution is 2.19. The molecule has 158 valence electrons. The summed E-state index contributed by atoms with van der Waals surface area (Å²) in [6.07, 6.45) is 6.15. The number of nitrogens with one attached hydrogen (secondary N) is 1. The summed E-state index contributed by atoms with van der Waals surface area (Å²) in [6, 6.07) is 15.1. The Morgan fingerprint density at radius 3 is 2.13 bits per heavy atom. The molecular weight excluding hydrogens is 425 g/mol. The number of carbonyl (C=O) groups excluding carboxylic acids is 2. The molecule has 30 heavy (non-hydrogen) atoms. The second kappa shape index (κ2) is 11.4. The lowest BCUT2D eigenvalue weighted by molar-refractivity contribution is -0.126. The summed E-state index contributed by atoms with van der Waals surface area (Å²) in [7, 11) is 0. The van der Waals surface area contributed by atoms with Gasteiger partial charge in [-0.1, -0.05) is 29.8 Å². The van der Waals surface area contributed by atoms with E-state index in [4.69, 9.17) is 16.8 Å². The first-order valence-electron chi connectivity index (χ1n) is 9.25. The van der Waals surface area contributed by atoms with Crippen LogP contribution in [0.15, 0.2) is 60.7 Å². The van der Waals surface area contributed by atoms with Crippen molar-refractivity contribution in [1.82, 2.24) is 10.4 Å². The van der Waals surface area contributed by atoms with Crippen LogP contribution in [0.1, 0.15) is 11.1 Å². The predicted octanol–water partition coefficient (Wildman–Crippen LogP) is 3.64. The third kappa shape index (κ3) is 6.62. The molecule has 2 aromatic rings. The second-order valence-corrected chi connectivity index (χ2v) is 7.04. The minimum atomic E-state index is -0.598. The van der Waals surface area contributed by atoms with Gasteiger partial charge in [0.1, 0.15) is 0 Å². The predicted molar refractivity (Wildman–Crippen MR) is 122 cm³/mol. The molecule has 1 aliphatic heterocycles. The molecule has 8 heteroatoms. The van der Waals surface area contributed by atoms with Gasteiger partial charge in [-0.25, -0.2) is 5.48 Å². The van der Waals surface area contributed by atoms with E-state index in [0.29, 0.717) is 18.1 Å². The van der Waals surface area contributed by atoms with Crippen molar-refractivity contribution < 1.29 is 14.8 Å². The fourth-order valence-electron chi connectivity index (χ4n) is 3.09. The van der Waals surface area contributed by atoms with Crippen LogP contribution in [0.4, 0.5) is 5.69 Å². The number of anilines is 1. The summed E-state index contributed by atoms with van der Waals surface area (Å²) in [4.78, 5) is 27.6. The van der Waals surface area contributed by atoms with Crippen molar-refractivity contribution in [3.63, 3.8) is 0 Å². The van der Waals surface area contributed by atoms with Crippen LogP contribution < -0.4 is 10.4 Å². The maximum atomic E-state index is 12.5. The minimum Gasteiger partial charge on any atom is -0.368 e. The van der Waals surface area contributed by atoms with Crippen LogP contribution in [-0.4, -0.2) is 48.1 Å². The molecule has 0 unspecified atom stereocenters. The van der Waals surface area contributed by atoms with E-state index in [1.165, 1.54) is 6.08 Å². The first-order valence-corrected chi connectivity index (χ1v) is 9.63. The van der Waals surface area contributed by atoms with Gasteiger partial charge >= 0.3 is 0 Å². The van der Waals surface area contributed by atoms with Gasteiger partial charge in [-0.05, 0) is 53.6 Å². The van der Waals surface area contributed by atoms with Gasteiger partial charge in [-0.15, -0.1) is 12.4 Å². The van der Waals surface area contributed by atoms with Crippen LogP contribution >= 0.6 is 24.0 Å². The fraction of sp³-hybridized carbons (Fsp3) is 0.182. The Labute approximate surface area is 186 Å². The Hall–Kier alpha value is -2.80. The van der Waals surface area contributed by atoms with E-state index in [2.05, 4.69) is 4.90 Å². The zero-order valence-corrected chi connectivity index (χ0v) is 17.8. The van der Waals surface area contributed by atoms with Gasteiger partial charge in [0.05, 0.1) is 0 Å². The van der Waals surface area contributed by atoms with Crippen LogP contribution in [0.3, 0.4) is 0 Å². The van der Waals surface area contributed by atoms with Gasteiger partial charge in [-0.3, -0.25) is 14.8 Å². The minimum absolute atomic E-state index is 0. The molecule has 0 bridgehead atoms. The van der Waals surface area contributed by atoms with Crippen molar-refractivity contribution in [2.75, 3.05) is 31.1 Å². The summed E-state index contributed by atoms with van der Waals surface area (Å²) >= 11 is 5.94. The molecule has 0 radical (unpaired) electrons. The van der Waals surface area contributed by atoms with E-state index >= 15 is 0 Å². The molecule has 1 fully saturated rings. The molecule has 0 atom stereocenters. The topological polar surface area (TPSA) is 72.9 Å². The highest BCUT2D eigenvalue weighted by atomic mass is 35.5. The number of carbonyl (C=O) groups is 2. The highest BCUT2D eigenvalue weighted by Gasteiger charge is 2.19. The third-order valence-corrected chi connectivity index (χ3v) is 4.90. The first kappa shape index (κ1) is 23.5. The van der Waals surface area contributed by atoms with E-state index in [-0.39, 0.29) is 18.3 Å². The van der Waals surface area contributed by atoms with Crippen molar-refractivity contribution in [2.45, 2.75) is 0 Å². The van der Waals surface area contributed by atoms with Crippen molar-refractivity contribution >= 4 is 53.7 Å². The Morgan fingerprint density at radius 2 is 1.53 bits per heavy atom. The summed E-state index contributed by atoms with van der Waals surface area (Å²) in [6.45, 7) is 2.86. The molecule has 0 aromatic heterocycles. The average molecular weight is 448 g/mol. The molecule has 1 saturated heterocycles. The highest BCUT2D eigenvalue weighted by molar-refractivity contribution is 6.30. The van der Waals surface area contributed by atoms with Crippen molar-refractivity contribution in [1.29, 1.82) is 0 Å². The Morgan fingerprint density at radius 1 is 0.933 bits per heavy atom. The Balaban J connectivity index is 0.00000320. The summed E-state index contributed by atoms with van der Waals surface area (Å²) in [5, 5.41) is 9.23. The monoisotopic (exact) mass is 447 g/mol. The van der Waals surface area contributed by atoms with Crippen LogP contribution in [0.25, 0.3) is 12.2 Å². The smallest absolute Gasteiger partial charge is 0.267 e. The number of hydroxylamine groups is 1. The Bertz CT molecular complexity index is 921. The summed E-state index contributed by atoms with van der Waals surface area (Å²) in [5.74, 6) is -0.625. The molecule has 1 aliphatic rings. The molecule has 0 saturated carbocycles. The number of piperazine rings is 1. The van der Waals surface area contributed by atoms with E-state index in [1.54, 1.807) is 23.7 Å². The van der Waals surface area contributed by atoms with Crippen LogP contribution in [0.5, 0.6) is 0 Å². The van der Waals surface area contributed by atoms with E-state index < -0.39 is 5.91 Å². The van der Waals surface area contributed by atoms with Gasteiger partial charge in [0.25, 0.3) is 5.91 Å².